The maximum Gasteiger partial charge on any atom is 0.140 e. The van der Waals surface area contributed by atoms with Crippen LogP contribution < -0.4 is 5.11 Å². The van der Waals surface area contributed by atoms with Gasteiger partial charge in [0.1, 0.15) is 6.54 Å². The number of carbonyl (C=O) groups excluding carboxylic acids is 1. The van der Waals surface area contributed by atoms with Crippen LogP contribution in [0.3, 0.4) is 0 Å². The summed E-state index contributed by atoms with van der Waals surface area (Å²) >= 11 is 0. The van der Waals surface area contributed by atoms with E-state index in [1.54, 1.807) is 0 Å². The first-order valence-electron chi connectivity index (χ1n) is 3.93. The zero-order valence-corrected chi connectivity index (χ0v) is 7.67. The third-order valence-electron chi connectivity index (χ3n) is 1.66. The van der Waals surface area contributed by atoms with Crippen LogP contribution >= 0.6 is 0 Å². The molecule has 0 bridgehead atoms. The Morgan fingerprint density at radius 1 is 1.58 bits per heavy atom. The second-order valence-corrected chi connectivity index (χ2v) is 3.50. The van der Waals surface area contributed by atoms with Crippen LogP contribution in [0.4, 0.5) is 0 Å². The number of rotatable bonds is 5. The van der Waals surface area contributed by atoms with E-state index in [-0.39, 0.29) is 6.42 Å². The molecule has 0 saturated carbocycles. The molecule has 0 heterocycles. The molecule has 12 heavy (non-hydrogen) atoms. The van der Waals surface area contributed by atoms with Gasteiger partial charge in [0.2, 0.25) is 0 Å². The summed E-state index contributed by atoms with van der Waals surface area (Å²) in [6.45, 7) is 1.41. The number of hydrogen-bond donors (Lipinski definition) is 0. The Hall–Kier alpha value is -1.01. The van der Waals surface area contributed by atoms with Gasteiger partial charge in [-0.1, -0.05) is 0 Å². The first kappa shape index (κ1) is 11.0. The summed E-state index contributed by atoms with van der Waals surface area (Å²) in [6, 6.07) is 0. The number of terminal acetylenes is 1. The smallest absolute Gasteiger partial charge is 0.140 e. The molecule has 3 nitrogen and oxygen atoms in total. The maximum atomic E-state index is 10.1. The third-order valence-corrected chi connectivity index (χ3v) is 1.66. The monoisotopic (exact) mass is 169 g/mol. The average molecular weight is 169 g/mol. The van der Waals surface area contributed by atoms with Gasteiger partial charge in [-0.05, 0) is 12.3 Å². The highest BCUT2D eigenvalue weighted by Gasteiger charge is 2.11. The van der Waals surface area contributed by atoms with Crippen molar-refractivity contribution in [2.75, 3.05) is 27.2 Å². The second-order valence-electron chi connectivity index (χ2n) is 3.50. The van der Waals surface area contributed by atoms with Crippen molar-refractivity contribution in [3.63, 3.8) is 0 Å². The summed E-state index contributed by atoms with van der Waals surface area (Å²) in [5.74, 6) is 1.57. The minimum Gasteiger partial charge on any atom is -0.550 e. The van der Waals surface area contributed by atoms with E-state index >= 15 is 0 Å². The predicted octanol–water partition coefficient (Wildman–Crippen LogP) is -0.774. The van der Waals surface area contributed by atoms with Gasteiger partial charge in [0.25, 0.3) is 0 Å². The summed E-state index contributed by atoms with van der Waals surface area (Å²) < 4.78 is 0.670. The number of carbonyl (C=O) groups is 1. The molecule has 0 saturated heterocycles. The van der Waals surface area contributed by atoms with Gasteiger partial charge in [-0.15, -0.1) is 6.42 Å². The average Bonchev–Trinajstić information content (AvgIpc) is 1.85. The standard InChI is InChI=1S/C9H15NO2/c1-4-7-10(2,3)8-5-6-9(11)12/h1H,5-8H2,2-3H3. The Labute approximate surface area is 73.6 Å². The number of hydrogen-bond acceptors (Lipinski definition) is 2. The Morgan fingerprint density at radius 3 is 2.58 bits per heavy atom. The van der Waals surface area contributed by atoms with E-state index in [0.717, 1.165) is 6.54 Å². The highest BCUT2D eigenvalue weighted by Crippen LogP contribution is 1.99. The molecule has 0 atom stereocenters. The molecule has 0 aromatic heterocycles. The molecule has 0 rings (SSSR count). The molecule has 0 amide bonds. The fourth-order valence-electron chi connectivity index (χ4n) is 0.978. The van der Waals surface area contributed by atoms with Crippen LogP contribution in [0.1, 0.15) is 12.8 Å². The van der Waals surface area contributed by atoms with E-state index in [1.807, 2.05) is 14.1 Å². The summed E-state index contributed by atoms with van der Waals surface area (Å²) in [6.07, 6.45) is 5.89. The number of carboxylic acids is 1. The van der Waals surface area contributed by atoms with Crippen LogP contribution in [0.15, 0.2) is 0 Å². The molecule has 0 unspecified atom stereocenters. The van der Waals surface area contributed by atoms with Crippen LogP contribution in [0.25, 0.3) is 0 Å². The summed E-state index contributed by atoms with van der Waals surface area (Å²) in [5.41, 5.74) is 0. The molecular weight excluding hydrogens is 154 g/mol. The van der Waals surface area contributed by atoms with Crippen molar-refractivity contribution in [2.45, 2.75) is 12.8 Å². The molecule has 0 fully saturated rings. The fourth-order valence-corrected chi connectivity index (χ4v) is 0.978. The first-order chi connectivity index (χ1) is 5.48. The van der Waals surface area contributed by atoms with Gasteiger partial charge in [0.05, 0.1) is 20.6 Å². The Balaban J connectivity index is 3.62. The summed E-state index contributed by atoms with van der Waals surface area (Å²) in [4.78, 5) is 10.1. The SMILES string of the molecule is C#CC[N+](C)(C)CCCC(=O)[O-]. The lowest BCUT2D eigenvalue weighted by Crippen LogP contribution is -2.41. The molecule has 0 aliphatic rings. The third kappa shape index (κ3) is 5.75. The quantitative estimate of drug-likeness (QED) is 0.400. The van der Waals surface area contributed by atoms with Gasteiger partial charge < -0.3 is 14.4 Å². The summed E-state index contributed by atoms with van der Waals surface area (Å²) in [5, 5.41) is 10.1. The van der Waals surface area contributed by atoms with Gasteiger partial charge in [-0.3, -0.25) is 0 Å². The van der Waals surface area contributed by atoms with Crippen molar-refractivity contribution in [1.82, 2.24) is 0 Å². The minimum atomic E-state index is -0.990. The van der Waals surface area contributed by atoms with E-state index in [2.05, 4.69) is 5.92 Å². The number of aliphatic carboxylic acids is 1. The lowest BCUT2D eigenvalue weighted by molar-refractivity contribution is -0.883. The molecular formula is C9H15NO2. The molecule has 0 N–H and O–H groups in total. The van der Waals surface area contributed by atoms with E-state index in [4.69, 9.17) is 6.42 Å². The Bertz CT molecular complexity index is 191. The van der Waals surface area contributed by atoms with E-state index in [1.165, 1.54) is 0 Å². The zero-order valence-electron chi connectivity index (χ0n) is 7.67. The largest absolute Gasteiger partial charge is 0.550 e. The summed E-state index contributed by atoms with van der Waals surface area (Å²) in [7, 11) is 3.96. The van der Waals surface area contributed by atoms with Gasteiger partial charge >= 0.3 is 0 Å². The predicted molar refractivity (Wildman–Crippen MR) is 44.9 cm³/mol. The Morgan fingerprint density at radius 2 is 2.17 bits per heavy atom. The normalized spacial score (nSPS) is 10.8. The minimum absolute atomic E-state index is 0.117. The number of nitrogens with zero attached hydrogens (tertiary/aromatic N) is 1. The molecule has 0 aromatic rings. The van der Waals surface area contributed by atoms with E-state index in [9.17, 15) is 9.90 Å². The lowest BCUT2D eigenvalue weighted by atomic mass is 10.3. The lowest BCUT2D eigenvalue weighted by Gasteiger charge is -2.27. The highest BCUT2D eigenvalue weighted by molar-refractivity contribution is 5.64. The molecule has 0 aliphatic heterocycles. The molecule has 0 aliphatic carbocycles. The van der Waals surface area contributed by atoms with Gasteiger partial charge in [-0.25, -0.2) is 0 Å². The second kappa shape index (κ2) is 4.78. The van der Waals surface area contributed by atoms with Crippen LogP contribution in [-0.4, -0.2) is 37.6 Å². The first-order valence-corrected chi connectivity index (χ1v) is 3.93. The van der Waals surface area contributed by atoms with E-state index < -0.39 is 5.97 Å². The van der Waals surface area contributed by atoms with Gasteiger partial charge in [0.15, 0.2) is 0 Å². The van der Waals surface area contributed by atoms with Crippen molar-refractivity contribution in [1.29, 1.82) is 0 Å². The molecule has 0 radical (unpaired) electrons. The van der Waals surface area contributed by atoms with Crippen molar-refractivity contribution in [3.8, 4) is 12.3 Å². The van der Waals surface area contributed by atoms with Crippen molar-refractivity contribution in [3.05, 3.63) is 0 Å². The van der Waals surface area contributed by atoms with Crippen LogP contribution in [0.2, 0.25) is 0 Å². The zero-order chi connectivity index (χ0) is 9.61. The maximum absolute atomic E-state index is 10.1. The molecule has 0 spiro atoms. The molecule has 3 heteroatoms. The molecule has 0 aromatic carbocycles. The van der Waals surface area contributed by atoms with E-state index in [0.29, 0.717) is 17.4 Å². The van der Waals surface area contributed by atoms with Gasteiger partial charge in [0, 0.05) is 12.4 Å². The van der Waals surface area contributed by atoms with Gasteiger partial charge in [-0.2, -0.15) is 0 Å². The fraction of sp³-hybridized carbons (Fsp3) is 0.667. The van der Waals surface area contributed by atoms with Crippen LogP contribution in [0, 0.1) is 12.3 Å². The van der Waals surface area contributed by atoms with Crippen LogP contribution in [0.5, 0.6) is 0 Å². The van der Waals surface area contributed by atoms with Crippen LogP contribution in [-0.2, 0) is 4.79 Å². The van der Waals surface area contributed by atoms with Crippen molar-refractivity contribution >= 4 is 5.97 Å². The Kier molecular flexibility index (Phi) is 4.38. The van der Waals surface area contributed by atoms with Crippen molar-refractivity contribution in [2.24, 2.45) is 0 Å². The topological polar surface area (TPSA) is 40.1 Å². The number of quaternary nitrogens is 1. The number of carboxylic acid groups (broad SMARTS) is 1. The van der Waals surface area contributed by atoms with Crippen molar-refractivity contribution < 1.29 is 14.4 Å². The highest BCUT2D eigenvalue weighted by atomic mass is 16.4. The molecule has 68 valence electrons.